The average Bonchev–Trinajstić information content (AvgIpc) is 2.37. The molecule has 0 aliphatic rings. The van der Waals surface area contributed by atoms with Crippen molar-refractivity contribution in [3.63, 3.8) is 0 Å². The second-order valence-corrected chi connectivity index (χ2v) is 5.27. The van der Waals surface area contributed by atoms with Crippen molar-refractivity contribution in [2.75, 3.05) is 18.9 Å². The molecule has 0 radical (unpaired) electrons. The smallest absolute Gasteiger partial charge is 0.322 e. The van der Waals surface area contributed by atoms with E-state index in [0.29, 0.717) is 18.9 Å². The minimum absolute atomic E-state index is 0.0231. The molecule has 0 aliphatic carbocycles. The molecule has 0 bridgehead atoms. The van der Waals surface area contributed by atoms with E-state index in [1.807, 2.05) is 6.92 Å². The molecule has 1 atom stereocenters. The van der Waals surface area contributed by atoms with Gasteiger partial charge in [-0.25, -0.2) is 0 Å². The highest BCUT2D eigenvalue weighted by Crippen LogP contribution is 2.00. The third-order valence-electron chi connectivity index (χ3n) is 2.16. The summed E-state index contributed by atoms with van der Waals surface area (Å²) < 4.78 is 4.87. The van der Waals surface area contributed by atoms with Gasteiger partial charge in [0, 0.05) is 25.6 Å². The Kier molecular flexibility index (Phi) is 10.2. The fraction of sp³-hybridized carbons (Fsp3) is 0.750. The first-order valence-electron chi connectivity index (χ1n) is 6.29. The van der Waals surface area contributed by atoms with Gasteiger partial charge in [-0.05, 0) is 12.8 Å². The first-order valence-corrected chi connectivity index (χ1v) is 7.28. The minimum atomic E-state index is -0.760. The van der Waals surface area contributed by atoms with E-state index in [2.05, 4.69) is 5.32 Å². The van der Waals surface area contributed by atoms with Gasteiger partial charge in [-0.2, -0.15) is 0 Å². The molecule has 0 aromatic rings. The Labute approximate surface area is 117 Å². The van der Waals surface area contributed by atoms with E-state index in [1.165, 1.54) is 6.92 Å². The SMILES string of the molecule is CCCOC(=O)[C@@H](N)CCC(=O)NCCSC(C)=O. The molecular formula is C12H22N2O4S. The lowest BCUT2D eigenvalue weighted by atomic mass is 10.1. The Morgan fingerprint density at radius 2 is 2.05 bits per heavy atom. The summed E-state index contributed by atoms with van der Waals surface area (Å²) in [5.74, 6) is -0.101. The van der Waals surface area contributed by atoms with Crippen LogP contribution < -0.4 is 11.1 Å². The van der Waals surface area contributed by atoms with E-state index in [0.717, 1.165) is 18.2 Å². The molecule has 0 aliphatic heterocycles. The summed E-state index contributed by atoms with van der Waals surface area (Å²) in [7, 11) is 0. The van der Waals surface area contributed by atoms with E-state index < -0.39 is 12.0 Å². The molecule has 0 aromatic carbocycles. The fourth-order valence-electron chi connectivity index (χ4n) is 1.19. The van der Waals surface area contributed by atoms with Crippen molar-refractivity contribution in [1.29, 1.82) is 0 Å². The number of ether oxygens (including phenoxy) is 1. The van der Waals surface area contributed by atoms with Gasteiger partial charge in [-0.3, -0.25) is 14.4 Å². The highest BCUT2D eigenvalue weighted by Gasteiger charge is 2.16. The van der Waals surface area contributed by atoms with E-state index in [1.54, 1.807) is 0 Å². The second-order valence-electron chi connectivity index (χ2n) is 4.00. The van der Waals surface area contributed by atoms with Gasteiger partial charge in [-0.1, -0.05) is 18.7 Å². The van der Waals surface area contributed by atoms with Crippen LogP contribution in [0.2, 0.25) is 0 Å². The summed E-state index contributed by atoms with van der Waals surface area (Å²) in [4.78, 5) is 33.4. The Morgan fingerprint density at radius 1 is 1.37 bits per heavy atom. The fourth-order valence-corrected chi connectivity index (χ4v) is 1.68. The summed E-state index contributed by atoms with van der Waals surface area (Å²) >= 11 is 1.16. The number of esters is 1. The molecule has 0 heterocycles. The third-order valence-corrected chi connectivity index (χ3v) is 2.98. The van der Waals surface area contributed by atoms with Crippen molar-refractivity contribution < 1.29 is 19.1 Å². The molecule has 0 aromatic heterocycles. The Bertz CT molecular complexity index is 310. The molecule has 0 saturated heterocycles. The van der Waals surface area contributed by atoms with Gasteiger partial charge in [0.2, 0.25) is 5.91 Å². The molecule has 0 saturated carbocycles. The van der Waals surface area contributed by atoms with Crippen LogP contribution in [0.3, 0.4) is 0 Å². The van der Waals surface area contributed by atoms with Crippen LogP contribution >= 0.6 is 11.8 Å². The molecular weight excluding hydrogens is 268 g/mol. The van der Waals surface area contributed by atoms with Crippen LogP contribution in [-0.2, 0) is 19.1 Å². The molecule has 19 heavy (non-hydrogen) atoms. The van der Waals surface area contributed by atoms with Crippen LogP contribution in [0.25, 0.3) is 0 Å². The zero-order valence-corrected chi connectivity index (χ0v) is 12.3. The van der Waals surface area contributed by atoms with Crippen molar-refractivity contribution in [3.05, 3.63) is 0 Å². The van der Waals surface area contributed by atoms with Gasteiger partial charge in [0.25, 0.3) is 0 Å². The summed E-state index contributed by atoms with van der Waals surface area (Å²) in [6, 6.07) is -0.760. The van der Waals surface area contributed by atoms with Crippen LogP contribution in [0.5, 0.6) is 0 Å². The third kappa shape index (κ3) is 10.5. The summed E-state index contributed by atoms with van der Waals surface area (Å²) in [5, 5.41) is 2.68. The maximum atomic E-state index is 11.4. The first kappa shape index (κ1) is 17.9. The summed E-state index contributed by atoms with van der Waals surface area (Å²) in [5.41, 5.74) is 5.60. The quantitative estimate of drug-likeness (QED) is 0.472. The number of carbonyl (C=O) groups is 3. The second kappa shape index (κ2) is 10.8. The molecule has 7 heteroatoms. The minimum Gasteiger partial charge on any atom is -0.465 e. The van der Waals surface area contributed by atoms with Crippen molar-refractivity contribution >= 4 is 28.8 Å². The molecule has 3 N–H and O–H groups in total. The summed E-state index contributed by atoms with van der Waals surface area (Å²) in [6.45, 7) is 4.15. The zero-order valence-electron chi connectivity index (χ0n) is 11.4. The highest BCUT2D eigenvalue weighted by molar-refractivity contribution is 8.13. The Balaban J connectivity index is 3.65. The number of hydrogen-bond acceptors (Lipinski definition) is 6. The number of rotatable bonds is 9. The van der Waals surface area contributed by atoms with Gasteiger partial charge in [0.1, 0.15) is 6.04 Å². The number of carbonyl (C=O) groups excluding carboxylic acids is 3. The lowest BCUT2D eigenvalue weighted by molar-refractivity contribution is -0.145. The molecule has 0 spiro atoms. The van der Waals surface area contributed by atoms with E-state index >= 15 is 0 Å². The Morgan fingerprint density at radius 3 is 2.63 bits per heavy atom. The zero-order chi connectivity index (χ0) is 14.7. The average molecular weight is 290 g/mol. The predicted octanol–water partition coefficient (Wildman–Crippen LogP) is 0.443. The van der Waals surface area contributed by atoms with Crippen LogP contribution in [0.1, 0.15) is 33.1 Å². The number of hydrogen-bond donors (Lipinski definition) is 2. The first-order chi connectivity index (χ1) is 8.97. The lowest BCUT2D eigenvalue weighted by Crippen LogP contribution is -2.34. The topological polar surface area (TPSA) is 98.5 Å². The molecule has 0 rings (SSSR count). The summed E-state index contributed by atoms with van der Waals surface area (Å²) in [6.07, 6.45) is 1.17. The van der Waals surface area contributed by atoms with E-state index in [4.69, 9.17) is 10.5 Å². The van der Waals surface area contributed by atoms with Crippen LogP contribution in [0, 0.1) is 0 Å². The highest BCUT2D eigenvalue weighted by atomic mass is 32.2. The van der Waals surface area contributed by atoms with Gasteiger partial charge in [0.05, 0.1) is 6.61 Å². The van der Waals surface area contributed by atoms with E-state index in [9.17, 15) is 14.4 Å². The van der Waals surface area contributed by atoms with Crippen LogP contribution in [0.15, 0.2) is 0 Å². The van der Waals surface area contributed by atoms with Crippen molar-refractivity contribution in [1.82, 2.24) is 5.32 Å². The number of nitrogens with one attached hydrogen (secondary N) is 1. The predicted molar refractivity (Wildman–Crippen MR) is 74.6 cm³/mol. The number of amides is 1. The monoisotopic (exact) mass is 290 g/mol. The normalized spacial score (nSPS) is 11.7. The number of thioether (sulfide) groups is 1. The molecule has 1 amide bonds. The van der Waals surface area contributed by atoms with Crippen LogP contribution in [0.4, 0.5) is 0 Å². The van der Waals surface area contributed by atoms with Crippen molar-refractivity contribution in [2.45, 2.75) is 39.2 Å². The maximum Gasteiger partial charge on any atom is 0.322 e. The van der Waals surface area contributed by atoms with Gasteiger partial charge >= 0.3 is 5.97 Å². The standard InChI is InChI=1S/C12H22N2O4S/c1-3-7-18-12(17)10(13)4-5-11(16)14-6-8-19-9(2)15/h10H,3-8,13H2,1-2H3,(H,14,16)/t10-/m0/s1. The number of nitrogens with two attached hydrogens (primary N) is 1. The van der Waals surface area contributed by atoms with Gasteiger partial charge < -0.3 is 15.8 Å². The van der Waals surface area contributed by atoms with Crippen molar-refractivity contribution in [2.24, 2.45) is 5.73 Å². The van der Waals surface area contributed by atoms with Gasteiger partial charge in [-0.15, -0.1) is 0 Å². The molecule has 0 unspecified atom stereocenters. The molecule has 6 nitrogen and oxygen atoms in total. The largest absolute Gasteiger partial charge is 0.465 e. The Hall–Kier alpha value is -1.08. The lowest BCUT2D eigenvalue weighted by Gasteiger charge is -2.10. The van der Waals surface area contributed by atoms with E-state index in [-0.39, 0.29) is 23.9 Å². The van der Waals surface area contributed by atoms with Crippen LogP contribution in [-0.4, -0.2) is 41.9 Å². The van der Waals surface area contributed by atoms with Crippen molar-refractivity contribution in [3.8, 4) is 0 Å². The van der Waals surface area contributed by atoms with Gasteiger partial charge in [0.15, 0.2) is 5.12 Å². The molecule has 110 valence electrons. The molecule has 0 fully saturated rings. The maximum absolute atomic E-state index is 11.4.